The first kappa shape index (κ1) is 10.2. The van der Waals surface area contributed by atoms with Crippen LogP contribution >= 0.6 is 0 Å². The molecule has 0 aliphatic carbocycles. The molecule has 7 nitrogen and oxygen atoms in total. The zero-order valence-electron chi connectivity index (χ0n) is 9.16. The van der Waals surface area contributed by atoms with Crippen LogP contribution in [0.25, 0.3) is 11.2 Å². The zero-order chi connectivity index (χ0) is 12.0. The second-order valence-electron chi connectivity index (χ2n) is 3.93. The number of nitrogens with zero attached hydrogens (tertiary/aromatic N) is 4. The van der Waals surface area contributed by atoms with Crippen LogP contribution in [-0.2, 0) is 11.3 Å². The smallest absolute Gasteiger partial charge is 0.289 e. The van der Waals surface area contributed by atoms with Gasteiger partial charge in [-0.15, -0.1) is 0 Å². The van der Waals surface area contributed by atoms with E-state index in [9.17, 15) is 10.1 Å². The van der Waals surface area contributed by atoms with Crippen molar-refractivity contribution in [2.75, 3.05) is 7.11 Å². The fraction of sp³-hybridized carbons (Fsp3) is 0.400. The van der Waals surface area contributed by atoms with Gasteiger partial charge in [0, 0.05) is 19.7 Å². The van der Waals surface area contributed by atoms with Crippen LogP contribution in [0.15, 0.2) is 12.3 Å². The van der Waals surface area contributed by atoms with Crippen LogP contribution in [0.4, 0.5) is 5.69 Å². The third-order valence-electron chi connectivity index (χ3n) is 3.00. The molecule has 1 aliphatic heterocycles. The Morgan fingerprint density at radius 3 is 3.18 bits per heavy atom. The molecule has 88 valence electrons. The molecule has 2 aromatic rings. The second kappa shape index (κ2) is 3.49. The van der Waals surface area contributed by atoms with Gasteiger partial charge in [0.1, 0.15) is 23.6 Å². The molecular weight excluding hydrogens is 224 g/mol. The Balaban J connectivity index is 2.18. The summed E-state index contributed by atoms with van der Waals surface area (Å²) in [4.78, 5) is 18.6. The lowest BCUT2D eigenvalue weighted by molar-refractivity contribution is -0.385. The molecule has 0 aromatic carbocycles. The average Bonchev–Trinajstić information content (AvgIpc) is 2.85. The number of ether oxygens (including phenoxy) is 1. The van der Waals surface area contributed by atoms with Crippen LogP contribution in [0.5, 0.6) is 0 Å². The number of pyridine rings is 1. The molecule has 0 saturated heterocycles. The molecule has 7 heteroatoms. The summed E-state index contributed by atoms with van der Waals surface area (Å²) in [6.45, 7) is 0.787. The normalized spacial score (nSPS) is 18.5. The molecule has 2 aromatic heterocycles. The minimum atomic E-state index is -0.468. The van der Waals surface area contributed by atoms with E-state index in [0.717, 1.165) is 18.8 Å². The van der Waals surface area contributed by atoms with Gasteiger partial charge in [0.15, 0.2) is 5.65 Å². The van der Waals surface area contributed by atoms with Crippen molar-refractivity contribution in [1.29, 1.82) is 0 Å². The Bertz CT molecular complexity index is 607. The van der Waals surface area contributed by atoms with Crippen molar-refractivity contribution in [3.8, 4) is 0 Å². The van der Waals surface area contributed by atoms with Crippen LogP contribution in [-0.4, -0.2) is 26.6 Å². The summed E-state index contributed by atoms with van der Waals surface area (Å²) in [5.41, 5.74) is 1.20. The van der Waals surface area contributed by atoms with E-state index in [1.807, 2.05) is 4.57 Å². The van der Waals surface area contributed by atoms with E-state index < -0.39 is 4.92 Å². The number of methoxy groups -OCH3 is 1. The molecule has 0 radical (unpaired) electrons. The van der Waals surface area contributed by atoms with Gasteiger partial charge in [-0.25, -0.2) is 9.97 Å². The Hall–Kier alpha value is -2.02. The van der Waals surface area contributed by atoms with Gasteiger partial charge >= 0.3 is 0 Å². The predicted molar refractivity (Wildman–Crippen MR) is 58.5 cm³/mol. The molecular formula is C10H10N4O3. The van der Waals surface area contributed by atoms with Crippen molar-refractivity contribution in [2.24, 2.45) is 0 Å². The molecule has 1 atom stereocenters. The van der Waals surface area contributed by atoms with Crippen LogP contribution in [0.2, 0.25) is 0 Å². The quantitative estimate of drug-likeness (QED) is 0.579. The Morgan fingerprint density at radius 2 is 2.47 bits per heavy atom. The summed E-state index contributed by atoms with van der Waals surface area (Å²) < 4.78 is 7.25. The number of fused-ring (bicyclic) bond motifs is 3. The van der Waals surface area contributed by atoms with Crippen molar-refractivity contribution < 1.29 is 9.66 Å². The van der Waals surface area contributed by atoms with Gasteiger partial charge < -0.3 is 9.30 Å². The van der Waals surface area contributed by atoms with Gasteiger partial charge in [0.2, 0.25) is 0 Å². The van der Waals surface area contributed by atoms with Crippen LogP contribution in [0, 0.1) is 10.1 Å². The number of nitro groups is 1. The summed E-state index contributed by atoms with van der Waals surface area (Å²) in [5.74, 6) is 0.801. The highest BCUT2D eigenvalue weighted by molar-refractivity contribution is 5.74. The highest BCUT2D eigenvalue weighted by atomic mass is 16.6. The maximum atomic E-state index is 10.6. The minimum Gasteiger partial charge on any atom is -0.373 e. The first-order chi connectivity index (χ1) is 8.20. The molecule has 0 bridgehead atoms. The Kier molecular flexibility index (Phi) is 2.08. The van der Waals surface area contributed by atoms with Crippen molar-refractivity contribution in [2.45, 2.75) is 19.1 Å². The molecule has 17 heavy (non-hydrogen) atoms. The predicted octanol–water partition coefficient (Wildman–Crippen LogP) is 1.43. The Labute approximate surface area is 96.2 Å². The molecule has 1 unspecified atom stereocenters. The Morgan fingerprint density at radius 1 is 1.65 bits per heavy atom. The maximum Gasteiger partial charge on any atom is 0.289 e. The highest BCUT2D eigenvalue weighted by Crippen LogP contribution is 2.31. The topological polar surface area (TPSA) is 83.1 Å². The number of hydrogen-bond donors (Lipinski definition) is 0. The van der Waals surface area contributed by atoms with Gasteiger partial charge in [0.05, 0.1) is 4.92 Å². The number of aryl methyl sites for hydroxylation is 1. The number of rotatable bonds is 2. The van der Waals surface area contributed by atoms with Crippen LogP contribution < -0.4 is 0 Å². The first-order valence-corrected chi connectivity index (χ1v) is 5.24. The summed E-state index contributed by atoms with van der Waals surface area (Å²) in [6.07, 6.45) is 2.09. The summed E-state index contributed by atoms with van der Waals surface area (Å²) in [6, 6.07) is 1.44. The molecule has 3 rings (SSSR count). The number of hydrogen-bond acceptors (Lipinski definition) is 5. The largest absolute Gasteiger partial charge is 0.373 e. The third kappa shape index (κ3) is 1.39. The molecule has 0 N–H and O–H groups in total. The van der Waals surface area contributed by atoms with Crippen LogP contribution in [0.1, 0.15) is 18.3 Å². The van der Waals surface area contributed by atoms with Gasteiger partial charge in [-0.2, -0.15) is 0 Å². The lowest BCUT2D eigenvalue weighted by Gasteiger charge is -2.02. The summed E-state index contributed by atoms with van der Waals surface area (Å²) in [5, 5.41) is 10.6. The lowest BCUT2D eigenvalue weighted by Crippen LogP contribution is -1.97. The van der Waals surface area contributed by atoms with Crippen molar-refractivity contribution >= 4 is 16.9 Å². The van der Waals surface area contributed by atoms with E-state index in [0.29, 0.717) is 11.2 Å². The van der Waals surface area contributed by atoms with Gasteiger partial charge in [-0.05, 0) is 6.42 Å². The fourth-order valence-electron chi connectivity index (χ4n) is 2.18. The maximum absolute atomic E-state index is 10.6. The standard InChI is InChI=1S/C10H10N4O3/c1-17-8-2-3-13-9-7(12-10(8)13)4-6(5-11-9)14(15)16/h4-5,8H,2-3H2,1H3. The van der Waals surface area contributed by atoms with E-state index in [4.69, 9.17) is 4.74 Å². The third-order valence-corrected chi connectivity index (χ3v) is 3.00. The van der Waals surface area contributed by atoms with E-state index >= 15 is 0 Å². The monoisotopic (exact) mass is 234 g/mol. The van der Waals surface area contributed by atoms with Gasteiger partial charge in [-0.3, -0.25) is 10.1 Å². The van der Waals surface area contributed by atoms with Gasteiger partial charge in [-0.1, -0.05) is 0 Å². The second-order valence-corrected chi connectivity index (χ2v) is 3.93. The van der Waals surface area contributed by atoms with E-state index in [1.165, 1.54) is 12.3 Å². The van der Waals surface area contributed by atoms with Crippen LogP contribution in [0.3, 0.4) is 0 Å². The summed E-state index contributed by atoms with van der Waals surface area (Å²) in [7, 11) is 1.63. The number of aromatic nitrogens is 3. The first-order valence-electron chi connectivity index (χ1n) is 5.24. The number of imidazole rings is 1. The molecule has 0 fully saturated rings. The zero-order valence-corrected chi connectivity index (χ0v) is 9.16. The van der Waals surface area contributed by atoms with E-state index in [1.54, 1.807) is 7.11 Å². The molecule has 1 aliphatic rings. The minimum absolute atomic E-state index is 0.0387. The van der Waals surface area contributed by atoms with Crippen molar-refractivity contribution in [3.63, 3.8) is 0 Å². The van der Waals surface area contributed by atoms with Gasteiger partial charge in [0.25, 0.3) is 5.69 Å². The van der Waals surface area contributed by atoms with E-state index in [-0.39, 0.29) is 11.8 Å². The fourth-order valence-corrected chi connectivity index (χ4v) is 2.18. The summed E-state index contributed by atoms with van der Waals surface area (Å²) >= 11 is 0. The van der Waals surface area contributed by atoms with Crippen molar-refractivity contribution in [3.05, 3.63) is 28.2 Å². The highest BCUT2D eigenvalue weighted by Gasteiger charge is 2.27. The molecule has 0 spiro atoms. The average molecular weight is 234 g/mol. The van der Waals surface area contributed by atoms with E-state index in [2.05, 4.69) is 9.97 Å². The SMILES string of the molecule is COC1CCn2c1nc1cc([N+](=O)[O-])cnc12. The van der Waals surface area contributed by atoms with Crippen molar-refractivity contribution in [1.82, 2.24) is 14.5 Å². The molecule has 0 saturated carbocycles. The lowest BCUT2D eigenvalue weighted by atomic mass is 10.3. The molecule has 3 heterocycles. The molecule has 0 amide bonds.